The van der Waals surface area contributed by atoms with Crippen molar-refractivity contribution in [2.75, 3.05) is 39.5 Å². The van der Waals surface area contributed by atoms with Gasteiger partial charge in [0.1, 0.15) is 0 Å². The van der Waals surface area contributed by atoms with Crippen molar-refractivity contribution >= 4 is 16.0 Å². The first-order valence-corrected chi connectivity index (χ1v) is 8.29. The number of piperidine rings is 1. The van der Waals surface area contributed by atoms with E-state index in [1.165, 1.54) is 11.4 Å². The highest BCUT2D eigenvalue weighted by molar-refractivity contribution is 7.89. The molecule has 0 unspecified atom stereocenters. The summed E-state index contributed by atoms with van der Waals surface area (Å²) in [5.74, 6) is -0.0343. The number of ether oxygens (including phenoxy) is 1. The number of carbonyl (C=O) groups excluding carboxylic acids is 1. The fourth-order valence-electron chi connectivity index (χ4n) is 2.27. The van der Waals surface area contributed by atoms with E-state index in [9.17, 15) is 13.2 Å². The fraction of sp³-hybridized carbons (Fsp3) is 0.917. The molecule has 0 atom stereocenters. The maximum absolute atomic E-state index is 12.0. The molecule has 0 aromatic rings. The van der Waals surface area contributed by atoms with Crippen LogP contribution in [0.4, 0.5) is 0 Å². The second-order valence-electron chi connectivity index (χ2n) is 4.88. The molecule has 1 aliphatic heterocycles. The highest BCUT2D eigenvalue weighted by Crippen LogP contribution is 2.22. The first-order valence-electron chi connectivity index (χ1n) is 6.69. The van der Waals surface area contributed by atoms with Gasteiger partial charge in [-0.3, -0.25) is 4.79 Å². The predicted octanol–water partition coefficient (Wildman–Crippen LogP) is 0.201. The zero-order valence-electron chi connectivity index (χ0n) is 11.7. The molecule has 1 aliphatic rings. The summed E-state index contributed by atoms with van der Waals surface area (Å²) in [6.07, 6.45) is 2.82. The van der Waals surface area contributed by atoms with Gasteiger partial charge in [0.2, 0.25) is 10.0 Å². The Morgan fingerprint density at radius 1 is 1.37 bits per heavy atom. The standard InChI is InChI=1S/C12H24N2O4S/c1-13-7-3-11-4-8-14(9-5-11)19(16,17)10-6-12(15)18-2/h11,13H,3-10H2,1-2H3. The highest BCUT2D eigenvalue weighted by Gasteiger charge is 2.28. The van der Waals surface area contributed by atoms with Crippen LogP contribution in [-0.4, -0.2) is 58.2 Å². The van der Waals surface area contributed by atoms with Crippen molar-refractivity contribution in [3.8, 4) is 0 Å². The van der Waals surface area contributed by atoms with E-state index in [1.54, 1.807) is 0 Å². The molecule has 112 valence electrons. The van der Waals surface area contributed by atoms with E-state index >= 15 is 0 Å². The van der Waals surface area contributed by atoms with Crippen LogP contribution in [0.25, 0.3) is 0 Å². The molecule has 6 nitrogen and oxygen atoms in total. The van der Waals surface area contributed by atoms with Gasteiger partial charge in [0.15, 0.2) is 0 Å². The number of esters is 1. The third-order valence-corrected chi connectivity index (χ3v) is 5.43. The summed E-state index contributed by atoms with van der Waals surface area (Å²) >= 11 is 0. The van der Waals surface area contributed by atoms with Gasteiger partial charge in [-0.15, -0.1) is 0 Å². The predicted molar refractivity (Wildman–Crippen MR) is 73.3 cm³/mol. The van der Waals surface area contributed by atoms with Crippen LogP contribution in [0, 0.1) is 5.92 Å². The molecule has 0 amide bonds. The quantitative estimate of drug-likeness (QED) is 0.679. The molecule has 0 bridgehead atoms. The third kappa shape index (κ3) is 5.46. The topological polar surface area (TPSA) is 75.7 Å². The van der Waals surface area contributed by atoms with Crippen LogP contribution in [-0.2, 0) is 19.6 Å². The van der Waals surface area contributed by atoms with Crippen molar-refractivity contribution in [2.45, 2.75) is 25.7 Å². The van der Waals surface area contributed by atoms with Gasteiger partial charge in [0, 0.05) is 13.1 Å². The van der Waals surface area contributed by atoms with Crippen LogP contribution in [0.15, 0.2) is 0 Å². The molecular weight excluding hydrogens is 268 g/mol. The number of methoxy groups -OCH3 is 1. The second kappa shape index (κ2) is 7.81. The van der Waals surface area contributed by atoms with Gasteiger partial charge >= 0.3 is 5.97 Å². The van der Waals surface area contributed by atoms with Crippen LogP contribution in [0.5, 0.6) is 0 Å². The summed E-state index contributed by atoms with van der Waals surface area (Å²) in [5, 5.41) is 3.11. The molecule has 1 rings (SSSR count). The lowest BCUT2D eigenvalue weighted by molar-refractivity contribution is -0.140. The Morgan fingerprint density at radius 2 is 2.00 bits per heavy atom. The number of hydrogen-bond donors (Lipinski definition) is 1. The maximum Gasteiger partial charge on any atom is 0.306 e. The van der Waals surface area contributed by atoms with Crippen molar-refractivity contribution in [1.29, 1.82) is 0 Å². The normalized spacial score (nSPS) is 18.4. The van der Waals surface area contributed by atoms with E-state index in [-0.39, 0.29) is 12.2 Å². The van der Waals surface area contributed by atoms with E-state index < -0.39 is 16.0 Å². The third-order valence-electron chi connectivity index (χ3n) is 3.56. The molecule has 0 radical (unpaired) electrons. The Kier molecular flexibility index (Phi) is 6.74. The number of hydrogen-bond acceptors (Lipinski definition) is 5. The van der Waals surface area contributed by atoms with Gasteiger partial charge in [-0.25, -0.2) is 12.7 Å². The number of carbonyl (C=O) groups is 1. The molecular formula is C12H24N2O4S. The lowest BCUT2D eigenvalue weighted by atomic mass is 9.95. The summed E-state index contributed by atoms with van der Waals surface area (Å²) in [4.78, 5) is 11.0. The van der Waals surface area contributed by atoms with Crippen molar-refractivity contribution < 1.29 is 17.9 Å². The molecule has 0 spiro atoms. The number of nitrogens with zero attached hydrogens (tertiary/aromatic N) is 1. The van der Waals surface area contributed by atoms with Crippen LogP contribution >= 0.6 is 0 Å². The fourth-order valence-corrected chi connectivity index (χ4v) is 3.72. The Morgan fingerprint density at radius 3 is 2.53 bits per heavy atom. The van der Waals surface area contributed by atoms with Gasteiger partial charge in [-0.2, -0.15) is 0 Å². The molecule has 7 heteroatoms. The number of rotatable bonds is 7. The second-order valence-corrected chi connectivity index (χ2v) is 6.97. The summed E-state index contributed by atoms with van der Waals surface area (Å²) in [5.41, 5.74) is 0. The zero-order chi connectivity index (χ0) is 14.3. The summed E-state index contributed by atoms with van der Waals surface area (Å²) in [6, 6.07) is 0. The molecule has 1 saturated heterocycles. The van der Waals surface area contributed by atoms with Crippen LogP contribution < -0.4 is 5.32 Å². The minimum atomic E-state index is -3.32. The average Bonchev–Trinajstić information content (AvgIpc) is 2.43. The van der Waals surface area contributed by atoms with Gasteiger partial charge in [-0.1, -0.05) is 0 Å². The number of sulfonamides is 1. The van der Waals surface area contributed by atoms with Crippen molar-refractivity contribution in [2.24, 2.45) is 5.92 Å². The Bertz CT molecular complexity index is 375. The van der Waals surface area contributed by atoms with E-state index in [2.05, 4.69) is 10.1 Å². The zero-order valence-corrected chi connectivity index (χ0v) is 12.5. The van der Waals surface area contributed by atoms with E-state index in [0.29, 0.717) is 19.0 Å². The van der Waals surface area contributed by atoms with Gasteiger partial charge in [-0.05, 0) is 38.8 Å². The van der Waals surface area contributed by atoms with Crippen molar-refractivity contribution in [3.05, 3.63) is 0 Å². The van der Waals surface area contributed by atoms with Gasteiger partial charge in [0.05, 0.1) is 19.3 Å². The summed E-state index contributed by atoms with van der Waals surface area (Å²) < 4.78 is 30.0. The summed E-state index contributed by atoms with van der Waals surface area (Å²) in [7, 11) is -0.126. The molecule has 1 N–H and O–H groups in total. The van der Waals surface area contributed by atoms with E-state index in [1.807, 2.05) is 7.05 Å². The van der Waals surface area contributed by atoms with Crippen molar-refractivity contribution in [3.63, 3.8) is 0 Å². The lowest BCUT2D eigenvalue weighted by Crippen LogP contribution is -2.40. The molecule has 1 fully saturated rings. The minimum absolute atomic E-state index is 0.0709. The Hall–Kier alpha value is -0.660. The Balaban J connectivity index is 2.38. The van der Waals surface area contributed by atoms with Crippen LogP contribution in [0.2, 0.25) is 0 Å². The van der Waals surface area contributed by atoms with E-state index in [4.69, 9.17) is 0 Å². The molecule has 0 saturated carbocycles. The Labute approximate surface area is 115 Å². The molecule has 0 aromatic heterocycles. The lowest BCUT2D eigenvalue weighted by Gasteiger charge is -2.31. The minimum Gasteiger partial charge on any atom is -0.469 e. The monoisotopic (exact) mass is 292 g/mol. The molecule has 19 heavy (non-hydrogen) atoms. The maximum atomic E-state index is 12.0. The highest BCUT2D eigenvalue weighted by atomic mass is 32.2. The first-order chi connectivity index (χ1) is 8.99. The average molecular weight is 292 g/mol. The van der Waals surface area contributed by atoms with Crippen molar-refractivity contribution in [1.82, 2.24) is 9.62 Å². The molecule has 0 aliphatic carbocycles. The molecule has 0 aromatic carbocycles. The van der Waals surface area contributed by atoms with Gasteiger partial charge in [0.25, 0.3) is 0 Å². The SMILES string of the molecule is CNCCC1CCN(S(=O)(=O)CCC(=O)OC)CC1. The largest absolute Gasteiger partial charge is 0.469 e. The molecule has 1 heterocycles. The number of nitrogens with one attached hydrogen (secondary N) is 1. The van der Waals surface area contributed by atoms with E-state index in [0.717, 1.165) is 25.8 Å². The van der Waals surface area contributed by atoms with Gasteiger partial charge < -0.3 is 10.1 Å². The van der Waals surface area contributed by atoms with Crippen LogP contribution in [0.3, 0.4) is 0 Å². The first kappa shape index (κ1) is 16.4. The van der Waals surface area contributed by atoms with Crippen LogP contribution in [0.1, 0.15) is 25.7 Å². The summed E-state index contributed by atoms with van der Waals surface area (Å²) in [6.45, 7) is 2.11. The smallest absolute Gasteiger partial charge is 0.306 e.